The lowest BCUT2D eigenvalue weighted by molar-refractivity contribution is 0.101. The molecule has 4 aromatic rings. The number of aryl methyl sites for hydroxylation is 1. The molecule has 2 amide bonds. The fourth-order valence-electron chi connectivity index (χ4n) is 3.50. The van der Waals surface area contributed by atoms with E-state index in [-0.39, 0.29) is 63.9 Å². The second-order valence-electron chi connectivity index (χ2n) is 7.39. The summed E-state index contributed by atoms with van der Waals surface area (Å²) in [6.45, 7) is -5.48. The first-order chi connectivity index (χ1) is 22.7. The Bertz CT molecular complexity index is 2040. The number of aromatic nitrogens is 4. The van der Waals surface area contributed by atoms with Crippen LogP contribution in [-0.2, 0) is 0 Å². The minimum atomic E-state index is -2.84. The molecule has 0 saturated carbocycles. The second kappa shape index (κ2) is 9.06. The fourth-order valence-corrected chi connectivity index (χ4v) is 3.50. The van der Waals surface area contributed by atoms with Crippen molar-refractivity contribution in [3.05, 3.63) is 83.3 Å². The van der Waals surface area contributed by atoms with E-state index in [1.54, 1.807) is 0 Å². The highest BCUT2D eigenvalue weighted by Crippen LogP contribution is 2.36. The minimum Gasteiger partial charge on any atom is -0.318 e. The van der Waals surface area contributed by atoms with Gasteiger partial charge in [-0.2, -0.15) is 0 Å². The zero-order valence-electron chi connectivity index (χ0n) is 31.8. The maximum Gasteiger partial charge on any atom is 0.259 e. The Morgan fingerprint density at radius 1 is 0.750 bits per heavy atom. The van der Waals surface area contributed by atoms with Gasteiger partial charge in [0.05, 0.1) is 29.4 Å². The molecule has 0 unspecified atom stereocenters. The number of carbonyl (C=O) groups is 2. The number of hydrogen-bond acceptors (Lipinski definition) is 8. The zero-order valence-corrected chi connectivity index (χ0v) is 18.8. The van der Waals surface area contributed by atoms with E-state index in [0.29, 0.717) is 10.6 Å². The second-order valence-corrected chi connectivity index (χ2v) is 7.39. The van der Waals surface area contributed by atoms with Crippen LogP contribution in [0, 0.1) is 13.7 Å². The number of amides is 2. The summed E-state index contributed by atoms with van der Waals surface area (Å²) in [5.74, 6) is -1.93. The molecule has 0 spiro atoms. The quantitative estimate of drug-likeness (QED) is 0.374. The average molecular weight is 494 g/mol. The van der Waals surface area contributed by atoms with E-state index in [4.69, 9.17) is 17.9 Å². The third-order valence-electron chi connectivity index (χ3n) is 5.21. The molecular weight excluding hydrogens is 456 g/mol. The van der Waals surface area contributed by atoms with Crippen LogP contribution in [0.5, 0.6) is 0 Å². The molecule has 0 radical (unpaired) electrons. The summed E-state index contributed by atoms with van der Waals surface area (Å²) in [5, 5.41) is 0.717. The summed E-state index contributed by atoms with van der Waals surface area (Å²) in [6, 6.07) is 2.60. The molecule has 180 valence electrons. The van der Waals surface area contributed by atoms with Crippen LogP contribution >= 0.6 is 0 Å². The third-order valence-corrected chi connectivity index (χ3v) is 5.21. The zero-order chi connectivity index (χ0) is 36.5. The topological polar surface area (TPSA) is 116 Å². The first kappa shape index (κ1) is 12.2. The lowest BCUT2D eigenvalue weighted by Crippen LogP contribution is -2.14. The van der Waals surface area contributed by atoms with E-state index >= 15 is 0 Å². The van der Waals surface area contributed by atoms with Gasteiger partial charge in [0.25, 0.3) is 11.8 Å². The normalized spacial score (nSPS) is 19.9. The highest BCUT2D eigenvalue weighted by molar-refractivity contribution is 6.12. The van der Waals surface area contributed by atoms with Crippen molar-refractivity contribution in [3.8, 4) is 0 Å². The van der Waals surface area contributed by atoms with Crippen molar-refractivity contribution >= 4 is 46.5 Å². The van der Waals surface area contributed by atoms with Gasteiger partial charge >= 0.3 is 0 Å². The molecule has 2 aliphatic heterocycles. The van der Waals surface area contributed by atoms with E-state index < -0.39 is 49.0 Å². The molecule has 0 bridgehead atoms. The van der Waals surface area contributed by atoms with Gasteiger partial charge in [0.15, 0.2) is 14.5 Å². The number of nitrogens with one attached hydrogen (secondary N) is 2. The largest absolute Gasteiger partial charge is 0.318 e. The SMILES string of the molecule is [2H]c1cc(C([2H])([2H])[2H])c2c(n1)N(C)c1nccc([2H])c1C(=O)N2[2H].[2H]c1ccnc2c1C(=O)N([2H])c1c(nc([2H])c([2H])c1C([2H])([2H])[2H])N2C. The highest BCUT2D eigenvalue weighted by Gasteiger charge is 2.26. The summed E-state index contributed by atoms with van der Waals surface area (Å²) in [7, 11) is 2.93. The van der Waals surface area contributed by atoms with Gasteiger partial charge in [-0.3, -0.25) is 9.59 Å². The summed E-state index contributed by atoms with van der Waals surface area (Å²) >= 11 is 0. The minimum absolute atomic E-state index is 0.0228. The lowest BCUT2D eigenvalue weighted by atomic mass is 10.2. The van der Waals surface area contributed by atoms with E-state index in [0.717, 1.165) is 6.07 Å². The van der Waals surface area contributed by atoms with E-state index in [9.17, 15) is 9.59 Å². The van der Waals surface area contributed by atoms with Gasteiger partial charge in [-0.15, -0.1) is 0 Å². The first-order valence-electron chi connectivity index (χ1n) is 16.7. The van der Waals surface area contributed by atoms with Gasteiger partial charge in [0, 0.05) is 47.1 Å². The molecule has 0 saturated heterocycles. The molecule has 0 atom stereocenters. The van der Waals surface area contributed by atoms with Crippen molar-refractivity contribution in [2.75, 3.05) is 34.5 Å². The molecule has 4 aromatic heterocycles. The van der Waals surface area contributed by atoms with Gasteiger partial charge in [-0.1, -0.05) is 0 Å². The molecule has 10 heteroatoms. The number of carbonyl (C=O) groups excluding carboxylic acids is 2. The monoisotopic (exact) mass is 493 g/mol. The van der Waals surface area contributed by atoms with Gasteiger partial charge in [-0.25, -0.2) is 19.9 Å². The third kappa shape index (κ3) is 3.88. The highest BCUT2D eigenvalue weighted by atomic mass is 16.2. The van der Waals surface area contributed by atoms with Crippen LogP contribution in [0.1, 0.15) is 46.9 Å². The smallest absolute Gasteiger partial charge is 0.259 e. The molecule has 6 rings (SSSR count). The van der Waals surface area contributed by atoms with Crippen molar-refractivity contribution in [2.24, 2.45) is 0 Å². The molecule has 36 heavy (non-hydrogen) atoms. The maximum absolute atomic E-state index is 12.7. The Labute approximate surface area is 226 Å². The Morgan fingerprint density at radius 2 is 1.28 bits per heavy atom. The average Bonchev–Trinajstić information content (AvgIpc) is 3.14. The van der Waals surface area contributed by atoms with Gasteiger partial charge in [0.2, 0.25) is 0 Å². The van der Waals surface area contributed by atoms with Crippen LogP contribution in [0.3, 0.4) is 0 Å². The lowest BCUT2D eigenvalue weighted by Gasteiger charge is -2.18. The van der Waals surface area contributed by atoms with Gasteiger partial charge in [0.1, 0.15) is 11.6 Å². The van der Waals surface area contributed by atoms with Crippen LogP contribution < -0.4 is 20.4 Å². The molecule has 2 N–H and O–H groups in total. The maximum atomic E-state index is 12.7. The molecule has 10 nitrogen and oxygen atoms in total. The van der Waals surface area contributed by atoms with E-state index in [1.807, 2.05) is 0 Å². The van der Waals surface area contributed by atoms with E-state index in [2.05, 4.69) is 19.9 Å². The molecule has 0 aliphatic carbocycles. The Morgan fingerprint density at radius 3 is 1.83 bits per heavy atom. The Kier molecular flexibility index (Phi) is 3.07. The molecular formula is C26H24N8O2. The van der Waals surface area contributed by atoms with Crippen LogP contribution in [-0.4, -0.2) is 45.8 Å². The summed E-state index contributed by atoms with van der Waals surface area (Å²) in [6.07, 6.45) is 1.73. The van der Waals surface area contributed by atoms with Crippen LogP contribution in [0.15, 0.2) is 61.1 Å². The Hall–Kier alpha value is -4.86. The summed E-state index contributed by atoms with van der Waals surface area (Å²) < 4.78 is 101. The molecule has 2 aliphatic rings. The number of rotatable bonds is 0. The number of fused-ring (bicyclic) bond motifs is 4. The number of nitrogens with zero attached hydrogens (tertiary/aromatic N) is 6. The van der Waals surface area contributed by atoms with Crippen molar-refractivity contribution in [1.82, 2.24) is 19.9 Å². The van der Waals surface area contributed by atoms with Gasteiger partial charge in [-0.05, 0) is 61.2 Å². The summed E-state index contributed by atoms with van der Waals surface area (Å²) in [5.41, 5.74) is -1.91. The van der Waals surface area contributed by atoms with Crippen LogP contribution in [0.2, 0.25) is 2.82 Å². The molecule has 6 heterocycles. The molecule has 0 aromatic carbocycles. The van der Waals surface area contributed by atoms with E-state index in [1.165, 1.54) is 48.4 Å². The first-order valence-corrected chi connectivity index (χ1v) is 10.3. The van der Waals surface area contributed by atoms with Crippen molar-refractivity contribution < 1.29 is 27.5 Å². The predicted octanol–water partition coefficient (Wildman–Crippen LogP) is 4.24. The predicted molar refractivity (Wildman–Crippen MR) is 138 cm³/mol. The Balaban J connectivity index is 0.000000191. The van der Waals surface area contributed by atoms with Crippen LogP contribution in [0.4, 0.5) is 34.6 Å². The summed E-state index contributed by atoms with van der Waals surface area (Å²) in [4.78, 5) is 43.8. The van der Waals surface area contributed by atoms with Crippen LogP contribution in [0.25, 0.3) is 0 Å². The fraction of sp³-hybridized carbons (Fsp3) is 0.154. The van der Waals surface area contributed by atoms with Gasteiger partial charge < -0.3 is 20.4 Å². The van der Waals surface area contributed by atoms with Crippen molar-refractivity contribution in [1.29, 1.82) is 0 Å². The van der Waals surface area contributed by atoms with Crippen molar-refractivity contribution in [3.63, 3.8) is 0 Å². The number of pyridine rings is 4. The number of anilines is 6. The number of hydrogen-bond donors (Lipinski definition) is 2. The van der Waals surface area contributed by atoms with Crippen molar-refractivity contribution in [2.45, 2.75) is 13.7 Å². The molecule has 0 fully saturated rings. The standard InChI is InChI=1S/2C13H12N4O/c2*1-8-5-7-15-12-10(8)16-13(18)9-4-3-6-14-11(9)17(12)2/h2*3-7H,1-2H3,(H,16,18)/i1D3,4D,5D,7D;1D3,4D,7D/hD2.